The summed E-state index contributed by atoms with van der Waals surface area (Å²) >= 11 is 0. The molecule has 0 unspecified atom stereocenters. The number of hydrogen-bond donors (Lipinski definition) is 0. The lowest BCUT2D eigenvalue weighted by Crippen LogP contribution is -2.25. The first kappa shape index (κ1) is 19.8. The van der Waals surface area contributed by atoms with Crippen LogP contribution in [0.25, 0.3) is 5.69 Å². The van der Waals surface area contributed by atoms with E-state index >= 15 is 0 Å². The van der Waals surface area contributed by atoms with Gasteiger partial charge >= 0.3 is 0 Å². The molecule has 0 radical (unpaired) electrons. The third kappa shape index (κ3) is 4.49. The maximum Gasteiger partial charge on any atom is 0.258 e. The van der Waals surface area contributed by atoms with Gasteiger partial charge in [0, 0.05) is 37.0 Å². The van der Waals surface area contributed by atoms with Crippen molar-refractivity contribution in [3.05, 3.63) is 88.6 Å². The highest BCUT2D eigenvalue weighted by Gasteiger charge is 2.36. The molecule has 2 fully saturated rings. The fraction of sp³-hybridized carbons (Fsp3) is 0.320. The molecule has 5 rings (SSSR count). The maximum absolute atomic E-state index is 13.0. The fourth-order valence-electron chi connectivity index (χ4n) is 4.52. The van der Waals surface area contributed by atoms with E-state index < -0.39 is 0 Å². The predicted octanol–water partition coefficient (Wildman–Crippen LogP) is 4.17. The van der Waals surface area contributed by atoms with E-state index in [0.717, 1.165) is 30.0 Å². The summed E-state index contributed by atoms with van der Waals surface area (Å²) in [6.45, 7) is 2.47. The van der Waals surface area contributed by atoms with Gasteiger partial charge in [0.25, 0.3) is 5.56 Å². The fourth-order valence-corrected chi connectivity index (χ4v) is 4.52. The Morgan fingerprint density at radius 1 is 1.00 bits per heavy atom. The molecule has 5 nitrogen and oxygen atoms in total. The summed E-state index contributed by atoms with van der Waals surface area (Å²) in [7, 11) is 0. The van der Waals surface area contributed by atoms with Gasteiger partial charge in [-0.2, -0.15) is 0 Å². The summed E-state index contributed by atoms with van der Waals surface area (Å²) in [6.07, 6.45) is 5.63. The van der Waals surface area contributed by atoms with E-state index in [9.17, 15) is 9.18 Å². The molecule has 0 aliphatic carbocycles. The van der Waals surface area contributed by atoms with Crippen molar-refractivity contribution in [2.45, 2.75) is 38.0 Å². The van der Waals surface area contributed by atoms with Crippen molar-refractivity contribution < 1.29 is 13.9 Å². The average molecular weight is 420 g/mol. The second-order valence-corrected chi connectivity index (χ2v) is 8.25. The SMILES string of the molecule is O=c1cc(OCc2ccc(F)cc2)ccn1-c1ccc(O[C@@H]2C[C@H]3CCCN3C2)cc1. The summed E-state index contributed by atoms with van der Waals surface area (Å²) in [6, 6.07) is 17.6. The quantitative estimate of drug-likeness (QED) is 0.600. The second-order valence-electron chi connectivity index (χ2n) is 8.25. The minimum atomic E-state index is -0.286. The van der Waals surface area contributed by atoms with Crippen LogP contribution in [0, 0.1) is 5.82 Å². The molecule has 3 heterocycles. The maximum atomic E-state index is 13.0. The van der Waals surface area contributed by atoms with Gasteiger partial charge in [-0.15, -0.1) is 0 Å². The number of fused-ring (bicyclic) bond motifs is 1. The van der Waals surface area contributed by atoms with E-state index in [4.69, 9.17) is 9.47 Å². The summed E-state index contributed by atoms with van der Waals surface area (Å²) < 4.78 is 26.4. The van der Waals surface area contributed by atoms with Crippen molar-refractivity contribution in [3.8, 4) is 17.2 Å². The number of halogens is 1. The molecule has 2 aromatic carbocycles. The Labute approximate surface area is 180 Å². The number of nitrogens with zero attached hydrogens (tertiary/aromatic N) is 2. The standard InChI is InChI=1S/C25H25FN2O3/c26-19-5-3-18(4-6-19)17-30-23-11-13-28(25(29)15-23)20-7-9-22(10-8-20)31-24-14-21-2-1-12-27(21)16-24/h3-11,13,15,21,24H,1-2,12,14,16-17H2/t21-,24-/m1/s1. The van der Waals surface area contributed by atoms with Crippen LogP contribution in [0.3, 0.4) is 0 Å². The molecular weight excluding hydrogens is 395 g/mol. The molecule has 160 valence electrons. The highest BCUT2D eigenvalue weighted by atomic mass is 19.1. The van der Waals surface area contributed by atoms with E-state index in [-0.39, 0.29) is 24.1 Å². The Kier molecular flexibility index (Phi) is 5.47. The van der Waals surface area contributed by atoms with Gasteiger partial charge in [-0.3, -0.25) is 14.3 Å². The number of pyridine rings is 1. The smallest absolute Gasteiger partial charge is 0.258 e. The van der Waals surface area contributed by atoms with Crippen LogP contribution < -0.4 is 15.0 Å². The van der Waals surface area contributed by atoms with Gasteiger partial charge in [-0.1, -0.05) is 12.1 Å². The Hall–Kier alpha value is -3.12. The normalized spacial score (nSPS) is 20.5. The molecule has 0 amide bonds. The van der Waals surface area contributed by atoms with Gasteiger partial charge in [0.15, 0.2) is 0 Å². The molecule has 6 heteroatoms. The highest BCUT2D eigenvalue weighted by Crippen LogP contribution is 2.30. The van der Waals surface area contributed by atoms with Gasteiger partial charge < -0.3 is 9.47 Å². The van der Waals surface area contributed by atoms with Crippen LogP contribution in [0.15, 0.2) is 71.7 Å². The number of benzene rings is 2. The lowest BCUT2D eigenvalue weighted by Gasteiger charge is -2.15. The topological polar surface area (TPSA) is 43.7 Å². The van der Waals surface area contributed by atoms with Crippen molar-refractivity contribution in [2.75, 3.05) is 13.1 Å². The molecule has 0 spiro atoms. The van der Waals surface area contributed by atoms with Gasteiger partial charge in [-0.25, -0.2) is 4.39 Å². The molecular formula is C25H25FN2O3. The first-order valence-electron chi connectivity index (χ1n) is 10.8. The van der Waals surface area contributed by atoms with Crippen molar-refractivity contribution in [1.82, 2.24) is 9.47 Å². The summed E-state index contributed by atoms with van der Waals surface area (Å²) in [5, 5.41) is 0. The molecule has 0 bridgehead atoms. The lowest BCUT2D eigenvalue weighted by molar-refractivity contribution is 0.202. The zero-order chi connectivity index (χ0) is 21.2. The number of ether oxygens (including phenoxy) is 2. The number of hydrogen-bond acceptors (Lipinski definition) is 4. The van der Waals surface area contributed by atoms with Crippen molar-refractivity contribution in [2.24, 2.45) is 0 Å². The Bertz CT molecular complexity index is 1080. The minimum absolute atomic E-state index is 0.179. The number of aromatic nitrogens is 1. The Morgan fingerprint density at radius 2 is 1.81 bits per heavy atom. The van der Waals surface area contributed by atoms with Crippen LogP contribution in [0.1, 0.15) is 24.8 Å². The molecule has 2 atom stereocenters. The Balaban J connectivity index is 1.21. The minimum Gasteiger partial charge on any atom is -0.489 e. The van der Waals surface area contributed by atoms with Crippen LogP contribution in [-0.2, 0) is 6.61 Å². The van der Waals surface area contributed by atoms with Crippen LogP contribution >= 0.6 is 0 Å². The van der Waals surface area contributed by atoms with E-state index in [0.29, 0.717) is 11.8 Å². The van der Waals surface area contributed by atoms with E-state index in [1.54, 1.807) is 29.0 Å². The molecule has 0 N–H and O–H groups in total. The third-order valence-electron chi connectivity index (χ3n) is 6.10. The van der Waals surface area contributed by atoms with Crippen molar-refractivity contribution in [1.29, 1.82) is 0 Å². The van der Waals surface area contributed by atoms with Gasteiger partial charge in [0.05, 0.1) is 0 Å². The molecule has 2 aliphatic rings. The van der Waals surface area contributed by atoms with Crippen LogP contribution in [0.2, 0.25) is 0 Å². The van der Waals surface area contributed by atoms with Crippen LogP contribution in [0.4, 0.5) is 4.39 Å². The summed E-state index contributed by atoms with van der Waals surface area (Å²) in [5.74, 6) is 1.03. The van der Waals surface area contributed by atoms with Gasteiger partial charge in [0.2, 0.25) is 0 Å². The monoisotopic (exact) mass is 420 g/mol. The van der Waals surface area contributed by atoms with E-state index in [1.807, 2.05) is 24.3 Å². The van der Waals surface area contributed by atoms with E-state index in [1.165, 1.54) is 37.6 Å². The van der Waals surface area contributed by atoms with E-state index in [2.05, 4.69) is 4.90 Å². The second kappa shape index (κ2) is 8.55. The number of rotatable bonds is 6. The highest BCUT2D eigenvalue weighted by molar-refractivity contribution is 5.38. The average Bonchev–Trinajstić information content (AvgIpc) is 3.36. The lowest BCUT2D eigenvalue weighted by atomic mass is 10.1. The molecule has 2 aliphatic heterocycles. The molecule has 2 saturated heterocycles. The summed E-state index contributed by atoms with van der Waals surface area (Å²) in [4.78, 5) is 15.1. The zero-order valence-corrected chi connectivity index (χ0v) is 17.2. The molecule has 0 saturated carbocycles. The van der Waals surface area contributed by atoms with Crippen molar-refractivity contribution >= 4 is 0 Å². The van der Waals surface area contributed by atoms with Gasteiger partial charge in [0.1, 0.15) is 30.0 Å². The third-order valence-corrected chi connectivity index (χ3v) is 6.10. The molecule has 31 heavy (non-hydrogen) atoms. The molecule has 1 aromatic heterocycles. The zero-order valence-electron chi connectivity index (χ0n) is 17.2. The molecule has 3 aromatic rings. The van der Waals surface area contributed by atoms with Crippen LogP contribution in [0.5, 0.6) is 11.5 Å². The first-order valence-corrected chi connectivity index (χ1v) is 10.8. The van der Waals surface area contributed by atoms with Gasteiger partial charge in [-0.05, 0) is 67.4 Å². The van der Waals surface area contributed by atoms with Crippen LogP contribution in [-0.4, -0.2) is 34.7 Å². The largest absolute Gasteiger partial charge is 0.489 e. The first-order chi connectivity index (χ1) is 15.1. The van der Waals surface area contributed by atoms with Crippen molar-refractivity contribution in [3.63, 3.8) is 0 Å². The summed E-state index contributed by atoms with van der Waals surface area (Å²) in [5.41, 5.74) is 1.43. The predicted molar refractivity (Wildman–Crippen MR) is 116 cm³/mol. The Morgan fingerprint density at radius 3 is 2.55 bits per heavy atom.